The fourth-order valence-electron chi connectivity index (χ4n) is 1.97. The average molecular weight is 225 g/mol. The van der Waals surface area contributed by atoms with Crippen LogP contribution in [0.1, 0.15) is 27.2 Å². The molecule has 0 aromatic carbocycles. The van der Waals surface area contributed by atoms with Gasteiger partial charge < -0.3 is 9.64 Å². The van der Waals surface area contributed by atoms with E-state index < -0.39 is 0 Å². The Hall–Kier alpha value is -0.830. The van der Waals surface area contributed by atoms with Crippen LogP contribution in [0.5, 0.6) is 0 Å². The van der Waals surface area contributed by atoms with Gasteiger partial charge in [0.1, 0.15) is 0 Å². The number of ether oxygens (including phenoxy) is 1. The first-order valence-corrected chi connectivity index (χ1v) is 6.05. The quantitative estimate of drug-likeness (QED) is 0.686. The van der Waals surface area contributed by atoms with Crippen LogP contribution >= 0.6 is 0 Å². The number of carbonyl (C=O) groups excluding carboxylic acids is 1. The Kier molecular flexibility index (Phi) is 4.54. The Morgan fingerprint density at radius 1 is 1.56 bits per heavy atom. The molecular formula is C13H23NO2. The first kappa shape index (κ1) is 13.2. The molecule has 3 heteroatoms. The van der Waals surface area contributed by atoms with E-state index in [0.717, 1.165) is 19.5 Å². The molecule has 0 unspecified atom stereocenters. The van der Waals surface area contributed by atoms with Gasteiger partial charge in [-0.3, -0.25) is 4.79 Å². The van der Waals surface area contributed by atoms with Gasteiger partial charge in [-0.05, 0) is 11.8 Å². The maximum atomic E-state index is 12.3. The third kappa shape index (κ3) is 2.64. The Morgan fingerprint density at radius 2 is 2.12 bits per heavy atom. The smallest absolute Gasteiger partial charge is 0.226 e. The van der Waals surface area contributed by atoms with Crippen molar-refractivity contribution in [2.24, 2.45) is 11.3 Å². The summed E-state index contributed by atoms with van der Waals surface area (Å²) < 4.78 is 5.25. The number of hydrogen-bond acceptors (Lipinski definition) is 2. The summed E-state index contributed by atoms with van der Waals surface area (Å²) in [6.45, 7) is 12.8. The number of amides is 1. The zero-order valence-corrected chi connectivity index (χ0v) is 10.7. The predicted molar refractivity (Wildman–Crippen MR) is 65.2 cm³/mol. The minimum absolute atomic E-state index is 0.00639. The van der Waals surface area contributed by atoms with Crippen molar-refractivity contribution >= 4 is 5.91 Å². The maximum Gasteiger partial charge on any atom is 0.226 e. The van der Waals surface area contributed by atoms with E-state index in [0.29, 0.717) is 13.2 Å². The number of carbonyl (C=O) groups is 1. The Balaban J connectivity index is 2.68. The molecule has 92 valence electrons. The largest absolute Gasteiger partial charge is 0.378 e. The van der Waals surface area contributed by atoms with Gasteiger partial charge in [0.2, 0.25) is 5.91 Å². The van der Waals surface area contributed by atoms with Crippen molar-refractivity contribution in [2.45, 2.75) is 27.2 Å². The van der Waals surface area contributed by atoms with Gasteiger partial charge in [-0.15, -0.1) is 6.58 Å². The van der Waals surface area contributed by atoms with Gasteiger partial charge in [0.15, 0.2) is 0 Å². The first-order chi connectivity index (χ1) is 7.55. The van der Waals surface area contributed by atoms with Crippen LogP contribution in [0.25, 0.3) is 0 Å². The van der Waals surface area contributed by atoms with Gasteiger partial charge in [0.25, 0.3) is 0 Å². The minimum atomic E-state index is -0.102. The SMILES string of the molecule is C=C[C@@](C)(CC)[C@H](C)C(=O)N1CCOCC1. The minimum Gasteiger partial charge on any atom is -0.378 e. The van der Waals surface area contributed by atoms with E-state index in [2.05, 4.69) is 20.4 Å². The fraction of sp³-hybridized carbons (Fsp3) is 0.769. The average Bonchev–Trinajstić information content (AvgIpc) is 2.37. The normalized spacial score (nSPS) is 22.3. The summed E-state index contributed by atoms with van der Waals surface area (Å²) in [5, 5.41) is 0. The van der Waals surface area contributed by atoms with Crippen LogP contribution in [-0.4, -0.2) is 37.1 Å². The molecule has 16 heavy (non-hydrogen) atoms. The molecule has 2 atom stereocenters. The zero-order valence-electron chi connectivity index (χ0n) is 10.7. The standard InChI is InChI=1S/C13H23NO2/c1-5-13(4,6-2)11(3)12(15)14-7-9-16-10-8-14/h5,11H,1,6-10H2,2-4H3/t11-,13+/m1/s1. The van der Waals surface area contributed by atoms with E-state index in [1.165, 1.54) is 0 Å². The van der Waals surface area contributed by atoms with Crippen LogP contribution in [0.15, 0.2) is 12.7 Å². The summed E-state index contributed by atoms with van der Waals surface area (Å²) in [4.78, 5) is 14.2. The second-order valence-corrected chi connectivity index (χ2v) is 4.72. The van der Waals surface area contributed by atoms with E-state index in [-0.39, 0.29) is 17.2 Å². The monoisotopic (exact) mass is 225 g/mol. The first-order valence-electron chi connectivity index (χ1n) is 6.05. The van der Waals surface area contributed by atoms with E-state index in [9.17, 15) is 4.79 Å². The molecule has 0 saturated carbocycles. The van der Waals surface area contributed by atoms with Crippen LogP contribution in [0.2, 0.25) is 0 Å². The third-order valence-corrected chi connectivity index (χ3v) is 3.91. The molecule has 1 amide bonds. The Morgan fingerprint density at radius 3 is 2.56 bits per heavy atom. The van der Waals surface area contributed by atoms with Gasteiger partial charge in [0, 0.05) is 19.0 Å². The molecule has 1 aliphatic rings. The lowest BCUT2D eigenvalue weighted by Gasteiger charge is -2.36. The number of hydrogen-bond donors (Lipinski definition) is 0. The van der Waals surface area contributed by atoms with Crippen LogP contribution in [0.4, 0.5) is 0 Å². The summed E-state index contributed by atoms with van der Waals surface area (Å²) in [6.07, 6.45) is 2.85. The zero-order chi connectivity index (χ0) is 12.2. The maximum absolute atomic E-state index is 12.3. The molecule has 0 aromatic rings. The molecule has 3 nitrogen and oxygen atoms in total. The molecule has 0 N–H and O–H groups in total. The lowest BCUT2D eigenvalue weighted by Crippen LogP contribution is -2.46. The highest BCUT2D eigenvalue weighted by Gasteiger charge is 2.34. The molecule has 0 aromatic heterocycles. The molecule has 0 spiro atoms. The van der Waals surface area contributed by atoms with E-state index in [1.807, 2.05) is 17.9 Å². The summed E-state index contributed by atoms with van der Waals surface area (Å²) in [6, 6.07) is 0. The number of allylic oxidation sites excluding steroid dienone is 1. The van der Waals surface area contributed by atoms with Gasteiger partial charge in [-0.25, -0.2) is 0 Å². The number of morpholine rings is 1. The molecule has 0 aliphatic carbocycles. The van der Waals surface area contributed by atoms with Gasteiger partial charge in [0.05, 0.1) is 13.2 Å². The topological polar surface area (TPSA) is 29.5 Å². The van der Waals surface area contributed by atoms with Crippen molar-refractivity contribution in [3.05, 3.63) is 12.7 Å². The van der Waals surface area contributed by atoms with Gasteiger partial charge in [-0.1, -0.05) is 26.8 Å². The molecule has 1 rings (SSSR count). The molecular weight excluding hydrogens is 202 g/mol. The van der Waals surface area contributed by atoms with Crippen molar-refractivity contribution in [1.82, 2.24) is 4.90 Å². The van der Waals surface area contributed by atoms with E-state index in [1.54, 1.807) is 0 Å². The molecule has 1 heterocycles. The highest BCUT2D eigenvalue weighted by molar-refractivity contribution is 5.79. The van der Waals surface area contributed by atoms with Crippen molar-refractivity contribution in [3.63, 3.8) is 0 Å². The van der Waals surface area contributed by atoms with Gasteiger partial charge in [-0.2, -0.15) is 0 Å². The third-order valence-electron chi connectivity index (χ3n) is 3.91. The number of rotatable bonds is 4. The van der Waals surface area contributed by atoms with Crippen molar-refractivity contribution < 1.29 is 9.53 Å². The predicted octanol–water partition coefficient (Wildman–Crippen LogP) is 2.08. The molecule has 0 bridgehead atoms. The van der Waals surface area contributed by atoms with Crippen LogP contribution in [0, 0.1) is 11.3 Å². The van der Waals surface area contributed by atoms with Crippen molar-refractivity contribution in [2.75, 3.05) is 26.3 Å². The Labute approximate surface area is 98.5 Å². The molecule has 0 radical (unpaired) electrons. The lowest BCUT2D eigenvalue weighted by atomic mass is 9.75. The van der Waals surface area contributed by atoms with E-state index in [4.69, 9.17) is 4.74 Å². The summed E-state index contributed by atoms with van der Waals surface area (Å²) in [5.41, 5.74) is -0.102. The second kappa shape index (κ2) is 5.48. The Bertz CT molecular complexity index is 259. The van der Waals surface area contributed by atoms with Crippen LogP contribution < -0.4 is 0 Å². The highest BCUT2D eigenvalue weighted by atomic mass is 16.5. The van der Waals surface area contributed by atoms with E-state index >= 15 is 0 Å². The molecule has 1 aliphatic heterocycles. The van der Waals surface area contributed by atoms with Crippen LogP contribution in [-0.2, 0) is 9.53 Å². The van der Waals surface area contributed by atoms with Crippen molar-refractivity contribution in [3.8, 4) is 0 Å². The summed E-state index contributed by atoms with van der Waals surface area (Å²) in [5.74, 6) is 0.223. The van der Waals surface area contributed by atoms with Crippen molar-refractivity contribution in [1.29, 1.82) is 0 Å². The van der Waals surface area contributed by atoms with Gasteiger partial charge >= 0.3 is 0 Å². The summed E-state index contributed by atoms with van der Waals surface area (Å²) in [7, 11) is 0. The second-order valence-electron chi connectivity index (χ2n) is 4.72. The lowest BCUT2D eigenvalue weighted by molar-refractivity contribution is -0.142. The summed E-state index contributed by atoms with van der Waals surface area (Å²) >= 11 is 0. The van der Waals surface area contributed by atoms with Crippen LogP contribution in [0.3, 0.4) is 0 Å². The molecule has 1 fully saturated rings. The molecule has 1 saturated heterocycles. The fourth-order valence-corrected chi connectivity index (χ4v) is 1.97. The highest BCUT2D eigenvalue weighted by Crippen LogP contribution is 2.33. The number of nitrogens with zero attached hydrogens (tertiary/aromatic N) is 1.